The van der Waals surface area contributed by atoms with Gasteiger partial charge in [0.25, 0.3) is 0 Å². The molecule has 0 aromatic rings. The van der Waals surface area contributed by atoms with Crippen LogP contribution in [0.25, 0.3) is 0 Å². The van der Waals surface area contributed by atoms with Crippen molar-refractivity contribution in [1.82, 2.24) is 9.80 Å². The second kappa shape index (κ2) is 13.3. The summed E-state index contributed by atoms with van der Waals surface area (Å²) in [6, 6.07) is -1.70. The number of carbonyl (C=O) groups is 3. The van der Waals surface area contributed by atoms with Crippen molar-refractivity contribution in [3.8, 4) is 0 Å². The molecule has 0 aliphatic rings. The van der Waals surface area contributed by atoms with E-state index in [0.717, 1.165) is 18.6 Å². The third-order valence-electron chi connectivity index (χ3n) is 5.05. The number of rotatable bonds is 15. The third-order valence-corrected chi connectivity index (χ3v) is 6.18. The highest BCUT2D eigenvalue weighted by Gasteiger charge is 2.36. The number of primary amides is 1. The standard InChI is InChI=1S/C22H43N3O5S/c1-8-11-18(26)24(6)17(15-31-13-10-9-12-21(2,3)29)20(28)25(7)16(19(23)27)14-22(4,5)30/h16-17,29-30H,8-15H2,1-7H3,(H2,23,27)/t16-,17-/m0/s1. The molecule has 2 atom stereocenters. The van der Waals surface area contributed by atoms with Gasteiger partial charge in [-0.15, -0.1) is 0 Å². The molecule has 0 aliphatic heterocycles. The molecule has 0 spiro atoms. The number of nitrogens with zero attached hydrogens (tertiary/aromatic N) is 2. The van der Waals surface area contributed by atoms with E-state index in [2.05, 4.69) is 0 Å². The van der Waals surface area contributed by atoms with Crippen LogP contribution in [-0.4, -0.2) is 86.6 Å². The summed E-state index contributed by atoms with van der Waals surface area (Å²) < 4.78 is 0. The van der Waals surface area contributed by atoms with Crippen molar-refractivity contribution in [1.29, 1.82) is 0 Å². The molecule has 4 N–H and O–H groups in total. The van der Waals surface area contributed by atoms with Gasteiger partial charge in [-0.1, -0.05) is 6.92 Å². The van der Waals surface area contributed by atoms with Gasteiger partial charge in [0.15, 0.2) is 0 Å². The van der Waals surface area contributed by atoms with Crippen LogP contribution in [0.2, 0.25) is 0 Å². The Morgan fingerprint density at radius 2 is 1.55 bits per heavy atom. The van der Waals surface area contributed by atoms with E-state index in [0.29, 0.717) is 25.0 Å². The summed E-state index contributed by atoms with van der Waals surface area (Å²) in [4.78, 5) is 40.4. The highest BCUT2D eigenvalue weighted by molar-refractivity contribution is 7.99. The highest BCUT2D eigenvalue weighted by atomic mass is 32.2. The quantitative estimate of drug-likeness (QED) is 0.319. The van der Waals surface area contributed by atoms with Gasteiger partial charge >= 0.3 is 0 Å². The number of unbranched alkanes of at least 4 members (excludes halogenated alkanes) is 1. The van der Waals surface area contributed by atoms with Gasteiger partial charge in [0.2, 0.25) is 17.7 Å². The van der Waals surface area contributed by atoms with E-state index in [4.69, 9.17) is 5.73 Å². The molecule has 0 aromatic heterocycles. The molecule has 0 heterocycles. The van der Waals surface area contributed by atoms with Gasteiger partial charge in [0, 0.05) is 32.7 Å². The SMILES string of the molecule is CCCC(=O)N(C)[C@@H](CSCCCCC(C)(C)O)C(=O)N(C)[C@@H](CC(C)(C)O)C(N)=O. The number of hydrogen-bond acceptors (Lipinski definition) is 6. The Kier molecular flexibility index (Phi) is 12.7. The molecule has 0 aromatic carbocycles. The third kappa shape index (κ3) is 12.3. The molecule has 182 valence electrons. The van der Waals surface area contributed by atoms with Crippen molar-refractivity contribution in [3.63, 3.8) is 0 Å². The number of aliphatic hydroxyl groups is 2. The Morgan fingerprint density at radius 3 is 2.00 bits per heavy atom. The zero-order chi connectivity index (χ0) is 24.4. The highest BCUT2D eigenvalue weighted by Crippen LogP contribution is 2.20. The summed E-state index contributed by atoms with van der Waals surface area (Å²) in [5, 5.41) is 19.9. The monoisotopic (exact) mass is 461 g/mol. The molecule has 9 heteroatoms. The molecule has 31 heavy (non-hydrogen) atoms. The molecular weight excluding hydrogens is 418 g/mol. The molecule has 0 unspecified atom stereocenters. The van der Waals surface area contributed by atoms with E-state index in [1.807, 2.05) is 6.92 Å². The summed E-state index contributed by atoms with van der Waals surface area (Å²) in [6.07, 6.45) is 3.48. The predicted octanol–water partition coefficient (Wildman–Crippen LogP) is 1.76. The van der Waals surface area contributed by atoms with E-state index >= 15 is 0 Å². The van der Waals surface area contributed by atoms with Crippen LogP contribution in [0.1, 0.15) is 73.1 Å². The van der Waals surface area contributed by atoms with Gasteiger partial charge in [-0.05, 0) is 59.1 Å². The minimum atomic E-state index is -1.18. The van der Waals surface area contributed by atoms with E-state index in [-0.39, 0.29) is 18.2 Å². The van der Waals surface area contributed by atoms with Crippen molar-refractivity contribution in [2.24, 2.45) is 5.73 Å². The van der Waals surface area contributed by atoms with Crippen LogP contribution in [0.4, 0.5) is 0 Å². The average Bonchev–Trinajstić information content (AvgIpc) is 2.62. The lowest BCUT2D eigenvalue weighted by Gasteiger charge is -2.35. The maximum Gasteiger partial charge on any atom is 0.246 e. The molecule has 8 nitrogen and oxygen atoms in total. The van der Waals surface area contributed by atoms with Crippen molar-refractivity contribution >= 4 is 29.5 Å². The molecule has 0 radical (unpaired) electrons. The van der Waals surface area contributed by atoms with Crippen molar-refractivity contribution in [2.45, 2.75) is 96.4 Å². The Labute approximate surface area is 191 Å². The van der Waals surface area contributed by atoms with E-state index in [1.54, 1.807) is 46.5 Å². The fourth-order valence-corrected chi connectivity index (χ4v) is 4.32. The van der Waals surface area contributed by atoms with Crippen LogP contribution in [0.3, 0.4) is 0 Å². The van der Waals surface area contributed by atoms with E-state index < -0.39 is 29.2 Å². The van der Waals surface area contributed by atoms with Crippen LogP contribution in [0.15, 0.2) is 0 Å². The van der Waals surface area contributed by atoms with Gasteiger partial charge in [-0.25, -0.2) is 0 Å². The fraction of sp³-hybridized carbons (Fsp3) is 0.864. The molecule has 0 rings (SSSR count). The maximum atomic E-state index is 13.3. The first-order valence-corrected chi connectivity index (χ1v) is 12.1. The second-order valence-corrected chi connectivity index (χ2v) is 10.6. The van der Waals surface area contributed by atoms with Crippen molar-refractivity contribution in [3.05, 3.63) is 0 Å². The van der Waals surface area contributed by atoms with Gasteiger partial charge in [0.1, 0.15) is 12.1 Å². The number of thioether (sulfide) groups is 1. The molecule has 0 aliphatic carbocycles. The summed E-state index contributed by atoms with van der Waals surface area (Å²) in [5.74, 6) is -0.00830. The lowest BCUT2D eigenvalue weighted by molar-refractivity contribution is -0.147. The Balaban J connectivity index is 5.27. The van der Waals surface area contributed by atoms with Gasteiger partial charge in [0.05, 0.1) is 11.2 Å². The Morgan fingerprint density at radius 1 is 0.968 bits per heavy atom. The van der Waals surface area contributed by atoms with Crippen LogP contribution in [-0.2, 0) is 14.4 Å². The zero-order valence-corrected chi connectivity index (χ0v) is 21.1. The maximum absolute atomic E-state index is 13.3. The lowest BCUT2D eigenvalue weighted by atomic mass is 9.97. The van der Waals surface area contributed by atoms with E-state index in [1.165, 1.54) is 16.8 Å². The van der Waals surface area contributed by atoms with Crippen molar-refractivity contribution in [2.75, 3.05) is 25.6 Å². The number of amides is 3. The van der Waals surface area contributed by atoms with Gasteiger partial charge in [-0.2, -0.15) is 11.8 Å². The number of nitrogens with two attached hydrogens (primary N) is 1. The molecule has 3 amide bonds. The Bertz CT molecular complexity index is 587. The minimum Gasteiger partial charge on any atom is -0.390 e. The predicted molar refractivity (Wildman–Crippen MR) is 126 cm³/mol. The first-order chi connectivity index (χ1) is 14.1. The second-order valence-electron chi connectivity index (χ2n) is 9.50. The number of likely N-dealkylation sites (N-methyl/N-ethyl adjacent to an activating group) is 2. The summed E-state index contributed by atoms with van der Waals surface area (Å²) in [7, 11) is 3.10. The average molecular weight is 462 g/mol. The molecule has 0 bridgehead atoms. The summed E-state index contributed by atoms with van der Waals surface area (Å²) >= 11 is 1.57. The molecule has 0 saturated heterocycles. The van der Waals surface area contributed by atoms with Gasteiger partial charge in [-0.3, -0.25) is 14.4 Å². The largest absolute Gasteiger partial charge is 0.390 e. The number of hydrogen-bond donors (Lipinski definition) is 3. The van der Waals surface area contributed by atoms with Crippen LogP contribution in [0.5, 0.6) is 0 Å². The smallest absolute Gasteiger partial charge is 0.246 e. The fourth-order valence-electron chi connectivity index (χ4n) is 3.16. The van der Waals surface area contributed by atoms with Crippen molar-refractivity contribution < 1.29 is 24.6 Å². The molecular formula is C22H43N3O5S. The summed E-state index contributed by atoms with van der Waals surface area (Å²) in [6.45, 7) is 8.57. The van der Waals surface area contributed by atoms with E-state index in [9.17, 15) is 24.6 Å². The van der Waals surface area contributed by atoms with Gasteiger partial charge < -0.3 is 25.7 Å². The zero-order valence-electron chi connectivity index (χ0n) is 20.3. The topological polar surface area (TPSA) is 124 Å². The first kappa shape index (κ1) is 29.7. The lowest BCUT2D eigenvalue weighted by Crippen LogP contribution is -2.56. The first-order valence-electron chi connectivity index (χ1n) is 10.9. The molecule has 0 saturated carbocycles. The Hall–Kier alpha value is -1.32. The summed E-state index contributed by atoms with van der Waals surface area (Å²) in [5.41, 5.74) is 3.64. The number of carbonyl (C=O) groups excluding carboxylic acids is 3. The minimum absolute atomic E-state index is 0.00794. The van der Waals surface area contributed by atoms with Crippen LogP contribution >= 0.6 is 11.8 Å². The van der Waals surface area contributed by atoms with Crippen LogP contribution < -0.4 is 5.73 Å². The normalized spacial score (nSPS) is 14.1. The van der Waals surface area contributed by atoms with Crippen LogP contribution in [0, 0.1) is 0 Å². The molecule has 0 fully saturated rings.